The van der Waals surface area contributed by atoms with E-state index in [1.165, 1.54) is 0 Å². The molecule has 0 saturated carbocycles. The Bertz CT molecular complexity index is 430. The van der Waals surface area contributed by atoms with E-state index >= 15 is 0 Å². The van der Waals surface area contributed by atoms with Crippen LogP contribution in [0.1, 0.15) is 38.9 Å². The summed E-state index contributed by atoms with van der Waals surface area (Å²) in [5, 5.41) is 6.21. The molecule has 0 aromatic carbocycles. The lowest BCUT2D eigenvalue weighted by molar-refractivity contribution is 0.0500. The highest BCUT2D eigenvalue weighted by Crippen LogP contribution is 2.21. The normalized spacial score (nSPS) is 23.1. The van der Waals surface area contributed by atoms with Gasteiger partial charge in [-0.25, -0.2) is 4.79 Å². The SMILES string of the molecule is CC(C)(C)OC(=O)N[C@@H]1CCN[C@H]1c1cnccn1. The number of rotatable bonds is 2. The molecule has 1 aliphatic rings. The van der Waals surface area contributed by atoms with E-state index in [1.807, 2.05) is 20.8 Å². The highest BCUT2D eigenvalue weighted by molar-refractivity contribution is 5.68. The monoisotopic (exact) mass is 264 g/mol. The van der Waals surface area contributed by atoms with Crippen LogP contribution in [-0.2, 0) is 4.74 Å². The summed E-state index contributed by atoms with van der Waals surface area (Å²) in [5.41, 5.74) is 0.346. The molecule has 1 amide bonds. The van der Waals surface area contributed by atoms with Crippen molar-refractivity contribution in [2.24, 2.45) is 0 Å². The number of amides is 1. The molecule has 2 atom stereocenters. The molecule has 1 aromatic heterocycles. The zero-order chi connectivity index (χ0) is 13.9. The molecule has 0 aliphatic carbocycles. The Morgan fingerprint density at radius 3 is 2.89 bits per heavy atom. The molecular weight excluding hydrogens is 244 g/mol. The second-order valence-corrected chi connectivity index (χ2v) is 5.60. The van der Waals surface area contributed by atoms with E-state index in [4.69, 9.17) is 4.74 Å². The molecule has 0 spiro atoms. The van der Waals surface area contributed by atoms with E-state index in [9.17, 15) is 4.79 Å². The van der Waals surface area contributed by atoms with Crippen LogP contribution in [-0.4, -0.2) is 34.2 Å². The average Bonchev–Trinajstić information content (AvgIpc) is 2.75. The fourth-order valence-corrected chi connectivity index (χ4v) is 2.10. The van der Waals surface area contributed by atoms with E-state index < -0.39 is 11.7 Å². The quantitative estimate of drug-likeness (QED) is 0.844. The topological polar surface area (TPSA) is 76.1 Å². The van der Waals surface area contributed by atoms with Crippen molar-refractivity contribution in [2.45, 2.75) is 44.9 Å². The molecule has 0 bridgehead atoms. The molecule has 2 N–H and O–H groups in total. The highest BCUT2D eigenvalue weighted by Gasteiger charge is 2.31. The number of carbonyl (C=O) groups excluding carboxylic acids is 1. The fraction of sp³-hybridized carbons (Fsp3) is 0.615. The van der Waals surface area contributed by atoms with Crippen molar-refractivity contribution in [1.82, 2.24) is 20.6 Å². The van der Waals surface area contributed by atoms with Crippen LogP contribution in [0.5, 0.6) is 0 Å². The van der Waals surface area contributed by atoms with Crippen LogP contribution in [0.3, 0.4) is 0 Å². The van der Waals surface area contributed by atoms with Gasteiger partial charge in [-0.1, -0.05) is 0 Å². The lowest BCUT2D eigenvalue weighted by atomic mass is 10.1. The molecule has 6 heteroatoms. The Morgan fingerprint density at radius 1 is 1.47 bits per heavy atom. The van der Waals surface area contributed by atoms with Crippen molar-refractivity contribution >= 4 is 6.09 Å². The molecule has 1 fully saturated rings. The van der Waals surface area contributed by atoms with Gasteiger partial charge in [0.2, 0.25) is 0 Å². The van der Waals surface area contributed by atoms with Crippen LogP contribution < -0.4 is 10.6 Å². The van der Waals surface area contributed by atoms with Gasteiger partial charge in [0, 0.05) is 12.4 Å². The number of nitrogens with zero attached hydrogens (tertiary/aromatic N) is 2. The molecule has 0 radical (unpaired) electrons. The van der Waals surface area contributed by atoms with Crippen LogP contribution in [0, 0.1) is 0 Å². The lowest BCUT2D eigenvalue weighted by Crippen LogP contribution is -2.41. The van der Waals surface area contributed by atoms with Crippen molar-refractivity contribution in [3.63, 3.8) is 0 Å². The van der Waals surface area contributed by atoms with Gasteiger partial charge < -0.3 is 15.4 Å². The summed E-state index contributed by atoms with van der Waals surface area (Å²) in [4.78, 5) is 20.1. The second-order valence-electron chi connectivity index (χ2n) is 5.60. The summed E-state index contributed by atoms with van der Waals surface area (Å²) in [6, 6.07) is -0.0345. The molecule has 2 heterocycles. The number of carbonyl (C=O) groups is 1. The third-order valence-corrected chi connectivity index (χ3v) is 2.83. The standard InChI is InChI=1S/C13H20N4O2/c1-13(2,3)19-12(18)17-9-4-5-16-11(9)10-8-14-6-7-15-10/h6-9,11,16H,4-5H2,1-3H3,(H,17,18)/t9-,11-/m1/s1. The minimum atomic E-state index is -0.488. The summed E-state index contributed by atoms with van der Waals surface area (Å²) in [5.74, 6) is 0. The third kappa shape index (κ3) is 3.89. The molecule has 6 nitrogen and oxygen atoms in total. The predicted molar refractivity (Wildman–Crippen MR) is 70.6 cm³/mol. The summed E-state index contributed by atoms with van der Waals surface area (Å²) in [6.45, 7) is 6.38. The maximum atomic E-state index is 11.8. The number of hydrogen-bond acceptors (Lipinski definition) is 5. The first-order chi connectivity index (χ1) is 8.96. The Morgan fingerprint density at radius 2 is 2.26 bits per heavy atom. The molecular formula is C13H20N4O2. The number of nitrogens with one attached hydrogen (secondary N) is 2. The first-order valence-electron chi connectivity index (χ1n) is 6.44. The van der Waals surface area contributed by atoms with Gasteiger partial charge in [0.15, 0.2) is 0 Å². The Kier molecular flexibility index (Phi) is 3.99. The molecule has 1 saturated heterocycles. The molecule has 2 rings (SSSR count). The maximum absolute atomic E-state index is 11.8. The molecule has 104 valence electrons. The van der Waals surface area contributed by atoms with Gasteiger partial charge in [-0.2, -0.15) is 0 Å². The number of aromatic nitrogens is 2. The van der Waals surface area contributed by atoms with Gasteiger partial charge in [0.05, 0.1) is 24.0 Å². The largest absolute Gasteiger partial charge is 0.444 e. The fourth-order valence-electron chi connectivity index (χ4n) is 2.10. The summed E-state index contributed by atoms with van der Waals surface area (Å²) < 4.78 is 5.27. The van der Waals surface area contributed by atoms with Crippen LogP contribution in [0.4, 0.5) is 4.79 Å². The van der Waals surface area contributed by atoms with Crippen molar-refractivity contribution in [3.8, 4) is 0 Å². The summed E-state index contributed by atoms with van der Waals surface area (Å²) in [7, 11) is 0. The zero-order valence-electron chi connectivity index (χ0n) is 11.5. The van der Waals surface area contributed by atoms with Gasteiger partial charge >= 0.3 is 6.09 Å². The average molecular weight is 264 g/mol. The van der Waals surface area contributed by atoms with Crippen molar-refractivity contribution in [2.75, 3.05) is 6.54 Å². The first-order valence-corrected chi connectivity index (χ1v) is 6.44. The highest BCUT2D eigenvalue weighted by atomic mass is 16.6. The number of ether oxygens (including phenoxy) is 1. The van der Waals surface area contributed by atoms with Crippen molar-refractivity contribution in [3.05, 3.63) is 24.3 Å². The van der Waals surface area contributed by atoms with E-state index in [0.29, 0.717) is 0 Å². The van der Waals surface area contributed by atoms with Crippen molar-refractivity contribution in [1.29, 1.82) is 0 Å². The van der Waals surface area contributed by atoms with E-state index in [1.54, 1.807) is 18.6 Å². The Hall–Kier alpha value is -1.69. The molecule has 19 heavy (non-hydrogen) atoms. The van der Waals surface area contributed by atoms with Gasteiger partial charge in [-0.3, -0.25) is 9.97 Å². The summed E-state index contributed by atoms with van der Waals surface area (Å²) >= 11 is 0. The second kappa shape index (κ2) is 5.52. The molecule has 1 aromatic rings. The van der Waals surface area contributed by atoms with E-state index in [-0.39, 0.29) is 12.1 Å². The molecule has 1 aliphatic heterocycles. The smallest absolute Gasteiger partial charge is 0.407 e. The lowest BCUT2D eigenvalue weighted by Gasteiger charge is -2.24. The Balaban J connectivity index is 1.98. The third-order valence-electron chi connectivity index (χ3n) is 2.83. The number of hydrogen-bond donors (Lipinski definition) is 2. The maximum Gasteiger partial charge on any atom is 0.407 e. The predicted octanol–water partition coefficient (Wildman–Crippen LogP) is 1.40. The number of alkyl carbamates (subject to hydrolysis) is 1. The van der Waals surface area contributed by atoms with Crippen LogP contribution >= 0.6 is 0 Å². The molecule has 0 unspecified atom stereocenters. The van der Waals surface area contributed by atoms with E-state index in [0.717, 1.165) is 18.7 Å². The van der Waals surface area contributed by atoms with Gasteiger partial charge in [0.25, 0.3) is 0 Å². The van der Waals surface area contributed by atoms with Crippen LogP contribution in [0.25, 0.3) is 0 Å². The van der Waals surface area contributed by atoms with Crippen molar-refractivity contribution < 1.29 is 9.53 Å². The van der Waals surface area contributed by atoms with Crippen LogP contribution in [0.15, 0.2) is 18.6 Å². The van der Waals surface area contributed by atoms with E-state index in [2.05, 4.69) is 20.6 Å². The van der Waals surface area contributed by atoms with Gasteiger partial charge in [-0.05, 0) is 33.7 Å². The zero-order valence-corrected chi connectivity index (χ0v) is 11.5. The first kappa shape index (κ1) is 13.7. The van der Waals surface area contributed by atoms with Gasteiger partial charge in [0.1, 0.15) is 5.60 Å². The minimum absolute atomic E-state index is 0.0128. The summed E-state index contributed by atoms with van der Waals surface area (Å²) in [6.07, 6.45) is 5.46. The van der Waals surface area contributed by atoms with Gasteiger partial charge in [-0.15, -0.1) is 0 Å². The van der Waals surface area contributed by atoms with Crippen LogP contribution in [0.2, 0.25) is 0 Å². The Labute approximate surface area is 113 Å². The minimum Gasteiger partial charge on any atom is -0.444 e.